The molecule has 1 saturated carbocycles. The zero-order valence-electron chi connectivity index (χ0n) is 26.3. The van der Waals surface area contributed by atoms with Crippen LogP contribution in [-0.4, -0.2) is 48.4 Å². The lowest BCUT2D eigenvalue weighted by atomic mass is 9.63. The van der Waals surface area contributed by atoms with Crippen molar-refractivity contribution in [1.82, 2.24) is 9.71 Å². The number of nitrogens with zero attached hydrogens (tertiary/aromatic N) is 2. The van der Waals surface area contributed by atoms with Crippen LogP contribution >= 0.6 is 22.9 Å². The monoisotopic (exact) mass is 683 g/mol. The minimum Gasteiger partial charge on any atom is -0.487 e. The Balaban J connectivity index is 1.41. The summed E-state index contributed by atoms with van der Waals surface area (Å²) >= 11 is 7.88. The Kier molecular flexibility index (Phi) is 9.80. The molecular weight excluding hydrogens is 642 g/mol. The van der Waals surface area contributed by atoms with Crippen LogP contribution in [0.25, 0.3) is 0 Å². The van der Waals surface area contributed by atoms with Gasteiger partial charge in [0.1, 0.15) is 12.4 Å². The molecule has 0 spiro atoms. The fraction of sp³-hybridized carbons (Fsp3) is 0.486. The Morgan fingerprint density at radius 1 is 1.15 bits per heavy atom. The number of aliphatic hydroxyl groups is 1. The number of rotatable bonds is 2. The van der Waals surface area contributed by atoms with Crippen LogP contribution in [0.5, 0.6) is 5.75 Å². The topological polar surface area (TPSA) is 109 Å². The standard InChI is InChI=1S/C35H42ClN3O5S2/c1-23-6-5-14-35(41,20-33-37-15-17-45-33)30-12-9-27(30)21-39-16-4-3-7-25-18-29(36)11-8-28(25)22-44-32-13-10-26(19-31(32)39)34(40)38-46(42,43)24(23)2/h5,8,10-11,13-15,17-19,23-24,27,30,41H,3-4,6-7,9,12,16,20-22H2,1-2H3,(H,38,40)/b14-5+/t23-,24+,27-,30+,35-/m0/s1. The number of amides is 1. The molecule has 3 aliphatic rings. The first-order valence-electron chi connectivity index (χ1n) is 16.2. The number of benzene rings is 2. The van der Waals surface area contributed by atoms with Gasteiger partial charge in [0.15, 0.2) is 0 Å². The maximum absolute atomic E-state index is 13.4. The summed E-state index contributed by atoms with van der Waals surface area (Å²) in [5.74, 6) is -0.120. The summed E-state index contributed by atoms with van der Waals surface area (Å²) in [5.41, 5.74) is 2.11. The third-order valence-electron chi connectivity index (χ3n) is 10.1. The van der Waals surface area contributed by atoms with E-state index in [9.17, 15) is 18.3 Å². The number of hydrogen-bond acceptors (Lipinski definition) is 8. The smallest absolute Gasteiger partial charge is 0.264 e. The lowest BCUT2D eigenvalue weighted by molar-refractivity contribution is -0.0445. The number of thiazole rings is 1. The summed E-state index contributed by atoms with van der Waals surface area (Å²) in [7, 11) is -3.97. The Bertz CT molecular complexity index is 1700. The summed E-state index contributed by atoms with van der Waals surface area (Å²) in [5, 5.41) is 15.0. The van der Waals surface area contributed by atoms with E-state index in [2.05, 4.69) is 14.6 Å². The number of carbonyl (C=O) groups is 1. The minimum absolute atomic E-state index is 0.00236. The van der Waals surface area contributed by atoms with E-state index >= 15 is 0 Å². The highest BCUT2D eigenvalue weighted by molar-refractivity contribution is 7.90. The third-order valence-corrected chi connectivity index (χ3v) is 13.0. The molecule has 46 heavy (non-hydrogen) atoms. The number of aryl methyl sites for hydroxylation is 1. The van der Waals surface area contributed by atoms with E-state index in [1.165, 1.54) is 11.3 Å². The Hall–Kier alpha value is -2.92. The number of carbonyl (C=O) groups excluding carboxylic acids is 1. The number of allylic oxidation sites excluding steroid dienone is 1. The molecular formula is C35H42ClN3O5S2. The SMILES string of the molecule is C[C@@H]1[C@@H](C)C/C=C/[C@](O)(Cc2nccs2)[C@@H]2CC[C@H]2CN2CCCCc3cc(Cl)ccc3COc3ccc(cc32)C(=O)NS1(=O)=O. The normalized spacial score (nSPS) is 29.1. The quantitative estimate of drug-likeness (QED) is 0.295. The van der Waals surface area contributed by atoms with Crippen LogP contribution < -0.4 is 14.4 Å². The van der Waals surface area contributed by atoms with E-state index in [0.717, 1.165) is 53.9 Å². The Morgan fingerprint density at radius 3 is 2.76 bits per heavy atom. The van der Waals surface area contributed by atoms with E-state index < -0.39 is 26.8 Å². The van der Waals surface area contributed by atoms with E-state index in [4.69, 9.17) is 16.3 Å². The van der Waals surface area contributed by atoms with Gasteiger partial charge in [-0.1, -0.05) is 36.7 Å². The highest BCUT2D eigenvalue weighted by Crippen LogP contribution is 2.46. The lowest BCUT2D eigenvalue weighted by Gasteiger charge is -2.48. The molecule has 1 amide bonds. The van der Waals surface area contributed by atoms with Gasteiger partial charge in [0, 0.05) is 41.7 Å². The maximum Gasteiger partial charge on any atom is 0.264 e. The average Bonchev–Trinajstić information content (AvgIpc) is 3.50. The van der Waals surface area contributed by atoms with Gasteiger partial charge in [0.25, 0.3) is 5.91 Å². The van der Waals surface area contributed by atoms with Crippen molar-refractivity contribution in [2.24, 2.45) is 17.8 Å². The van der Waals surface area contributed by atoms with Crippen LogP contribution in [0.15, 0.2) is 60.1 Å². The molecule has 0 radical (unpaired) electrons. The first-order valence-corrected chi connectivity index (χ1v) is 19.0. The van der Waals surface area contributed by atoms with Crippen molar-refractivity contribution in [2.75, 3.05) is 18.0 Å². The molecule has 11 heteroatoms. The molecule has 0 unspecified atom stereocenters. The van der Waals surface area contributed by atoms with Crippen molar-refractivity contribution in [3.8, 4) is 5.75 Å². The Morgan fingerprint density at radius 2 is 2.00 bits per heavy atom. The summed E-state index contributed by atoms with van der Waals surface area (Å²) in [4.78, 5) is 20.2. The summed E-state index contributed by atoms with van der Waals surface area (Å²) < 4.78 is 35.5. The lowest BCUT2D eigenvalue weighted by Crippen LogP contribution is -2.51. The molecule has 8 nitrogen and oxygen atoms in total. The third kappa shape index (κ3) is 7.15. The molecule has 6 rings (SSSR count). The average molecular weight is 684 g/mol. The number of sulfonamides is 1. The fourth-order valence-corrected chi connectivity index (χ4v) is 9.16. The van der Waals surface area contributed by atoms with E-state index in [1.807, 2.05) is 42.7 Å². The number of anilines is 1. The first-order chi connectivity index (χ1) is 22.0. The highest BCUT2D eigenvalue weighted by atomic mass is 35.5. The number of hydrogen-bond donors (Lipinski definition) is 2. The van der Waals surface area contributed by atoms with E-state index in [1.54, 1.807) is 31.3 Å². The number of aromatic nitrogens is 1. The number of halogens is 1. The van der Waals surface area contributed by atoms with Crippen molar-refractivity contribution in [3.05, 3.63) is 86.8 Å². The molecule has 2 N–H and O–H groups in total. The molecule has 2 aromatic carbocycles. The Labute approximate surface area is 280 Å². The van der Waals surface area contributed by atoms with E-state index in [-0.39, 0.29) is 23.3 Å². The first kappa shape index (κ1) is 33.0. The minimum atomic E-state index is -3.97. The highest BCUT2D eigenvalue weighted by Gasteiger charge is 2.46. The van der Waals surface area contributed by atoms with Gasteiger partial charge in [-0.2, -0.15) is 0 Å². The van der Waals surface area contributed by atoms with Gasteiger partial charge >= 0.3 is 0 Å². The summed E-state index contributed by atoms with van der Waals surface area (Å²) in [6.07, 6.45) is 11.0. The van der Waals surface area contributed by atoms with Gasteiger partial charge in [-0.15, -0.1) is 11.3 Å². The van der Waals surface area contributed by atoms with Crippen LogP contribution in [-0.2, 0) is 29.5 Å². The van der Waals surface area contributed by atoms with Crippen molar-refractivity contribution < 1.29 is 23.1 Å². The van der Waals surface area contributed by atoms with Crippen molar-refractivity contribution in [3.63, 3.8) is 0 Å². The van der Waals surface area contributed by atoms with Gasteiger partial charge in [0.05, 0.1) is 21.5 Å². The second kappa shape index (κ2) is 13.7. The van der Waals surface area contributed by atoms with Gasteiger partial charge in [-0.05, 0) is 105 Å². The van der Waals surface area contributed by atoms with Crippen molar-refractivity contribution in [1.29, 1.82) is 0 Å². The van der Waals surface area contributed by atoms with Crippen LogP contribution in [0.4, 0.5) is 5.69 Å². The zero-order chi connectivity index (χ0) is 32.5. The van der Waals surface area contributed by atoms with Gasteiger partial charge in [-0.25, -0.2) is 18.1 Å². The summed E-state index contributed by atoms with van der Waals surface area (Å²) in [6.45, 7) is 5.21. The van der Waals surface area contributed by atoms with Crippen LogP contribution in [0, 0.1) is 17.8 Å². The van der Waals surface area contributed by atoms with Crippen molar-refractivity contribution in [2.45, 2.75) is 76.3 Å². The number of fused-ring (bicyclic) bond motifs is 3. The predicted octanol–water partition coefficient (Wildman–Crippen LogP) is 6.56. The zero-order valence-corrected chi connectivity index (χ0v) is 28.7. The molecule has 3 aromatic rings. The molecule has 0 saturated heterocycles. The molecule has 246 valence electrons. The van der Waals surface area contributed by atoms with E-state index in [0.29, 0.717) is 43.3 Å². The largest absolute Gasteiger partial charge is 0.487 e. The second-order valence-corrected chi connectivity index (χ2v) is 16.6. The van der Waals surface area contributed by atoms with Crippen LogP contribution in [0.2, 0.25) is 5.02 Å². The molecule has 5 atom stereocenters. The molecule has 2 aliphatic heterocycles. The maximum atomic E-state index is 13.4. The van der Waals surface area contributed by atoms with Gasteiger partial charge in [0.2, 0.25) is 10.0 Å². The molecule has 2 bridgehead atoms. The second-order valence-electron chi connectivity index (χ2n) is 13.1. The summed E-state index contributed by atoms with van der Waals surface area (Å²) in [6, 6.07) is 11.0. The molecule has 1 fully saturated rings. The fourth-order valence-electron chi connectivity index (χ4n) is 6.97. The van der Waals surface area contributed by atoms with Crippen molar-refractivity contribution >= 4 is 44.6 Å². The number of ether oxygens (including phenoxy) is 1. The number of nitrogens with one attached hydrogen (secondary N) is 1. The van der Waals surface area contributed by atoms with Gasteiger partial charge in [-0.3, -0.25) is 4.79 Å². The molecule has 3 heterocycles. The van der Waals surface area contributed by atoms with Crippen LogP contribution in [0.3, 0.4) is 0 Å². The van der Waals surface area contributed by atoms with Crippen LogP contribution in [0.1, 0.15) is 72.4 Å². The predicted molar refractivity (Wildman–Crippen MR) is 183 cm³/mol. The molecule has 1 aromatic heterocycles. The molecule has 1 aliphatic carbocycles. The van der Waals surface area contributed by atoms with Gasteiger partial charge < -0.3 is 14.7 Å².